The largest absolute Gasteiger partial charge is 0.462 e. The molecule has 340 valence electrons. The third kappa shape index (κ3) is 36.3. The fourth-order valence-corrected chi connectivity index (χ4v) is 8.69. The number of carbonyl (C=O) groups excluding carboxylic acids is 3. The lowest BCUT2D eigenvalue weighted by Gasteiger charge is -2.21. The molecule has 6 nitrogen and oxygen atoms in total. The molecule has 0 heterocycles. The first-order chi connectivity index (χ1) is 28.3. The molecule has 0 saturated heterocycles. The van der Waals surface area contributed by atoms with Gasteiger partial charge in [0.15, 0.2) is 5.12 Å². The minimum absolute atomic E-state index is 0.00350. The summed E-state index contributed by atoms with van der Waals surface area (Å²) in [6.07, 6.45) is 38.1. The Morgan fingerprint density at radius 1 is 0.483 bits per heavy atom. The molecule has 0 aromatic rings. The van der Waals surface area contributed by atoms with Crippen LogP contribution in [0.3, 0.4) is 0 Å². The molecule has 0 aliphatic rings. The van der Waals surface area contributed by atoms with Crippen LogP contribution in [0.4, 0.5) is 0 Å². The zero-order chi connectivity index (χ0) is 42.7. The number of nitrogens with zero attached hydrogens (tertiary/aromatic N) is 1. The molecule has 0 unspecified atom stereocenters. The molecule has 0 atom stereocenters. The lowest BCUT2D eigenvalue weighted by Crippen LogP contribution is -2.27. The Morgan fingerprint density at radius 3 is 1.19 bits per heavy atom. The van der Waals surface area contributed by atoms with E-state index in [-0.39, 0.29) is 35.2 Å². The molecule has 0 rings (SSSR count). The molecule has 0 bridgehead atoms. The Morgan fingerprint density at radius 2 is 0.845 bits per heavy atom. The Labute approximate surface area is 364 Å². The lowest BCUT2D eigenvalue weighted by atomic mass is 9.97. The van der Waals surface area contributed by atoms with E-state index in [1.807, 2.05) is 12.2 Å². The maximum Gasteiger partial charge on any atom is 0.306 e. The Hall–Kier alpha value is -1.60. The van der Waals surface area contributed by atoms with Gasteiger partial charge in [0, 0.05) is 37.6 Å². The summed E-state index contributed by atoms with van der Waals surface area (Å²) in [5, 5.41) is 0.194. The van der Waals surface area contributed by atoms with Crippen LogP contribution in [-0.4, -0.2) is 59.5 Å². The van der Waals surface area contributed by atoms with Crippen LogP contribution in [0.2, 0.25) is 0 Å². The topological polar surface area (TPSA) is 72.9 Å². The summed E-state index contributed by atoms with van der Waals surface area (Å²) in [7, 11) is 0. The van der Waals surface area contributed by atoms with Crippen molar-refractivity contribution in [1.29, 1.82) is 0 Å². The van der Waals surface area contributed by atoms with Gasteiger partial charge in [-0.15, -0.1) is 13.2 Å². The summed E-state index contributed by atoms with van der Waals surface area (Å²) in [6.45, 7) is 19.6. The summed E-state index contributed by atoms with van der Waals surface area (Å²) >= 11 is 1.43. The zero-order valence-electron chi connectivity index (χ0n) is 38.9. The van der Waals surface area contributed by atoms with E-state index in [4.69, 9.17) is 9.47 Å². The molecule has 0 aliphatic heterocycles. The van der Waals surface area contributed by atoms with E-state index >= 15 is 0 Å². The van der Waals surface area contributed by atoms with Gasteiger partial charge in [0.2, 0.25) is 0 Å². The SMILES string of the molecule is C=CCCN(CCC=C)CCCSC(=O)C(CCCC(=O)OC(CCCCCCC)CCCCCCC)CCCC(=O)OC(CCCCCCC)CCCCCCC. The quantitative estimate of drug-likeness (QED) is 0.0344. The second-order valence-electron chi connectivity index (χ2n) is 17.0. The van der Waals surface area contributed by atoms with E-state index in [0.29, 0.717) is 38.5 Å². The van der Waals surface area contributed by atoms with Crippen molar-refractivity contribution in [3.05, 3.63) is 25.3 Å². The van der Waals surface area contributed by atoms with Gasteiger partial charge in [0.1, 0.15) is 12.2 Å². The molecule has 0 spiro atoms. The van der Waals surface area contributed by atoms with Crippen LogP contribution in [0.25, 0.3) is 0 Å². The molecule has 0 saturated carbocycles. The predicted octanol–water partition coefficient (Wildman–Crippen LogP) is 15.3. The Bertz CT molecular complexity index is 881. The summed E-state index contributed by atoms with van der Waals surface area (Å²) < 4.78 is 12.2. The average molecular weight is 834 g/mol. The first kappa shape index (κ1) is 56.4. The second kappa shape index (κ2) is 43.5. The van der Waals surface area contributed by atoms with Crippen LogP contribution in [0.5, 0.6) is 0 Å². The van der Waals surface area contributed by atoms with Crippen molar-refractivity contribution >= 4 is 28.8 Å². The zero-order valence-corrected chi connectivity index (χ0v) is 39.7. The van der Waals surface area contributed by atoms with Gasteiger partial charge >= 0.3 is 11.9 Å². The van der Waals surface area contributed by atoms with Crippen LogP contribution in [0.1, 0.15) is 240 Å². The highest BCUT2D eigenvalue weighted by atomic mass is 32.2. The number of rotatable bonds is 45. The number of carbonyl (C=O) groups is 3. The van der Waals surface area contributed by atoms with Gasteiger partial charge in [-0.3, -0.25) is 14.4 Å². The summed E-state index contributed by atoms with van der Waals surface area (Å²) in [5.41, 5.74) is 0. The fourth-order valence-electron chi connectivity index (χ4n) is 7.74. The van der Waals surface area contributed by atoms with Crippen molar-refractivity contribution in [3.8, 4) is 0 Å². The smallest absolute Gasteiger partial charge is 0.306 e. The Kier molecular flexibility index (Phi) is 42.3. The maximum atomic E-state index is 13.7. The highest BCUT2D eigenvalue weighted by Crippen LogP contribution is 2.26. The standard InChI is InChI=1S/C51H95NO5S/c1-7-13-19-23-27-36-47(37-28-24-20-14-8-2)56-49(53)40-31-34-46(51(55)58-45-33-44-52(42-17-11-5)43-18-12-6)35-32-41-50(54)57-48(38-29-25-21-15-9-3)39-30-26-22-16-10-4/h11-12,46-48H,5-10,13-45H2,1-4H3. The van der Waals surface area contributed by atoms with Gasteiger partial charge in [-0.2, -0.15) is 0 Å². The molecule has 0 N–H and O–H groups in total. The van der Waals surface area contributed by atoms with E-state index in [0.717, 1.165) is 96.0 Å². The van der Waals surface area contributed by atoms with Crippen LogP contribution < -0.4 is 0 Å². The molecule has 0 amide bonds. The summed E-state index contributed by atoms with van der Waals surface area (Å²) in [4.78, 5) is 42.5. The maximum absolute atomic E-state index is 13.7. The van der Waals surface area contributed by atoms with Gasteiger partial charge in [-0.25, -0.2) is 0 Å². The van der Waals surface area contributed by atoms with E-state index < -0.39 is 0 Å². The Balaban J connectivity index is 5.36. The van der Waals surface area contributed by atoms with Crippen molar-refractivity contribution in [3.63, 3.8) is 0 Å². The van der Waals surface area contributed by atoms with Crippen molar-refractivity contribution in [1.82, 2.24) is 4.90 Å². The number of ether oxygens (including phenoxy) is 2. The summed E-state index contributed by atoms with van der Waals surface area (Å²) in [5.74, 6) is 0.353. The van der Waals surface area contributed by atoms with Gasteiger partial charge in [-0.05, 0) is 103 Å². The average Bonchev–Trinajstić information content (AvgIpc) is 3.21. The molecular weight excluding hydrogens is 739 g/mol. The van der Waals surface area contributed by atoms with Crippen molar-refractivity contribution in [2.24, 2.45) is 5.92 Å². The first-order valence-electron chi connectivity index (χ1n) is 24.8. The normalized spacial score (nSPS) is 11.6. The van der Waals surface area contributed by atoms with Gasteiger partial charge in [-0.1, -0.05) is 154 Å². The predicted molar refractivity (Wildman–Crippen MR) is 253 cm³/mol. The monoisotopic (exact) mass is 834 g/mol. The molecule has 7 heteroatoms. The highest BCUT2D eigenvalue weighted by Gasteiger charge is 2.22. The number of hydrogen-bond acceptors (Lipinski definition) is 7. The van der Waals surface area contributed by atoms with Crippen molar-refractivity contribution in [2.75, 3.05) is 25.4 Å². The van der Waals surface area contributed by atoms with Crippen LogP contribution in [-0.2, 0) is 23.9 Å². The molecule has 0 radical (unpaired) electrons. The number of unbranched alkanes of at least 4 members (excludes halogenated alkanes) is 16. The molecule has 0 aromatic carbocycles. The molecule has 0 fully saturated rings. The summed E-state index contributed by atoms with van der Waals surface area (Å²) in [6, 6.07) is 0. The molecule has 58 heavy (non-hydrogen) atoms. The molecular formula is C51H95NO5S. The minimum Gasteiger partial charge on any atom is -0.462 e. The van der Waals surface area contributed by atoms with Crippen LogP contribution in [0.15, 0.2) is 25.3 Å². The van der Waals surface area contributed by atoms with Gasteiger partial charge in [0.25, 0.3) is 0 Å². The van der Waals surface area contributed by atoms with E-state index in [1.165, 1.54) is 114 Å². The van der Waals surface area contributed by atoms with Gasteiger partial charge in [0.05, 0.1) is 0 Å². The van der Waals surface area contributed by atoms with E-state index in [9.17, 15) is 14.4 Å². The molecule has 0 aromatic heterocycles. The first-order valence-corrected chi connectivity index (χ1v) is 25.8. The minimum atomic E-state index is -0.177. The number of thioether (sulfide) groups is 1. The third-order valence-corrected chi connectivity index (χ3v) is 12.6. The highest BCUT2D eigenvalue weighted by molar-refractivity contribution is 8.13. The van der Waals surface area contributed by atoms with Crippen LogP contribution >= 0.6 is 11.8 Å². The fraction of sp³-hybridized carbons (Fsp3) is 0.863. The van der Waals surface area contributed by atoms with Crippen molar-refractivity contribution < 1.29 is 23.9 Å². The van der Waals surface area contributed by atoms with Crippen LogP contribution in [0, 0.1) is 5.92 Å². The third-order valence-electron chi connectivity index (χ3n) is 11.5. The van der Waals surface area contributed by atoms with E-state index in [2.05, 4.69) is 45.8 Å². The lowest BCUT2D eigenvalue weighted by molar-refractivity contribution is -0.150. The van der Waals surface area contributed by atoms with Gasteiger partial charge < -0.3 is 14.4 Å². The number of hydrogen-bond donors (Lipinski definition) is 0. The van der Waals surface area contributed by atoms with Crippen molar-refractivity contribution in [2.45, 2.75) is 252 Å². The molecule has 0 aliphatic carbocycles. The second-order valence-corrected chi connectivity index (χ2v) is 18.1. The van der Waals surface area contributed by atoms with E-state index in [1.54, 1.807) is 0 Å². The number of esters is 2.